The van der Waals surface area contributed by atoms with E-state index in [1.807, 2.05) is 24.3 Å². The number of methoxy groups -OCH3 is 1. The molecule has 1 aromatic rings. The van der Waals surface area contributed by atoms with Gasteiger partial charge in [-0.2, -0.15) is 0 Å². The number of hydrogen-bond acceptors (Lipinski definition) is 4. The van der Waals surface area contributed by atoms with Crippen molar-refractivity contribution in [2.75, 3.05) is 33.1 Å². The van der Waals surface area contributed by atoms with Crippen LogP contribution in [0.2, 0.25) is 0 Å². The van der Waals surface area contributed by atoms with E-state index in [0.29, 0.717) is 13.1 Å². The summed E-state index contributed by atoms with van der Waals surface area (Å²) >= 11 is 0. The van der Waals surface area contributed by atoms with Crippen molar-refractivity contribution in [1.29, 1.82) is 0 Å². The maximum atomic E-state index is 12.0. The van der Waals surface area contributed by atoms with E-state index in [1.165, 1.54) is 11.4 Å². The van der Waals surface area contributed by atoms with E-state index < -0.39 is 10.0 Å². The van der Waals surface area contributed by atoms with Crippen LogP contribution in [0.3, 0.4) is 0 Å². The molecule has 0 aromatic heterocycles. The Hall–Kier alpha value is -1.39. The van der Waals surface area contributed by atoms with E-state index in [1.54, 1.807) is 7.05 Å². The molecule has 1 aromatic carbocycles. The summed E-state index contributed by atoms with van der Waals surface area (Å²) in [7, 11) is -0.258. The highest BCUT2D eigenvalue weighted by Gasteiger charge is 2.17. The van der Waals surface area contributed by atoms with E-state index in [-0.39, 0.29) is 12.4 Å². The van der Waals surface area contributed by atoms with Gasteiger partial charge in [0.15, 0.2) is 0 Å². The molecule has 0 unspecified atom stereocenters. The standard InChI is InChI=1S/C14H20N2O3S/c1-16(20(17,18)10-9-19-2)12-14-6-3-5-13(11-14)7-4-8-15/h3,5-6,11H,8-10,12,15H2,1-2H3. The summed E-state index contributed by atoms with van der Waals surface area (Å²) in [5.74, 6) is 5.68. The molecule has 0 fully saturated rings. The van der Waals surface area contributed by atoms with E-state index in [2.05, 4.69) is 11.8 Å². The van der Waals surface area contributed by atoms with Gasteiger partial charge in [-0.15, -0.1) is 0 Å². The van der Waals surface area contributed by atoms with Gasteiger partial charge in [-0.3, -0.25) is 0 Å². The highest BCUT2D eigenvalue weighted by molar-refractivity contribution is 7.89. The largest absolute Gasteiger partial charge is 0.384 e. The van der Waals surface area contributed by atoms with Crippen molar-refractivity contribution in [1.82, 2.24) is 4.31 Å². The van der Waals surface area contributed by atoms with Crippen LogP contribution in [-0.4, -0.2) is 45.8 Å². The summed E-state index contributed by atoms with van der Waals surface area (Å²) in [6, 6.07) is 7.46. The number of rotatable bonds is 6. The second-order valence-corrected chi connectivity index (χ2v) is 6.47. The third-order valence-corrected chi connectivity index (χ3v) is 4.45. The van der Waals surface area contributed by atoms with Crippen LogP contribution >= 0.6 is 0 Å². The van der Waals surface area contributed by atoms with Crippen molar-refractivity contribution >= 4 is 10.0 Å². The molecule has 110 valence electrons. The molecule has 1 rings (SSSR count). The van der Waals surface area contributed by atoms with Crippen LogP contribution < -0.4 is 5.73 Å². The molecule has 0 aliphatic rings. The van der Waals surface area contributed by atoms with Gasteiger partial charge in [0.1, 0.15) is 0 Å². The van der Waals surface area contributed by atoms with Gasteiger partial charge in [0, 0.05) is 26.3 Å². The average Bonchev–Trinajstić information content (AvgIpc) is 2.43. The lowest BCUT2D eigenvalue weighted by molar-refractivity contribution is 0.215. The molecule has 0 bridgehead atoms. The molecule has 2 N–H and O–H groups in total. The number of ether oxygens (including phenoxy) is 1. The lowest BCUT2D eigenvalue weighted by Gasteiger charge is -2.17. The van der Waals surface area contributed by atoms with Crippen molar-refractivity contribution in [2.24, 2.45) is 5.73 Å². The first-order valence-corrected chi connectivity index (χ1v) is 7.81. The second kappa shape index (κ2) is 8.02. The first-order chi connectivity index (χ1) is 9.49. The average molecular weight is 296 g/mol. The van der Waals surface area contributed by atoms with E-state index in [4.69, 9.17) is 10.5 Å². The maximum Gasteiger partial charge on any atom is 0.216 e. The minimum atomic E-state index is -3.30. The molecule has 0 aliphatic heterocycles. The van der Waals surface area contributed by atoms with E-state index in [9.17, 15) is 8.42 Å². The van der Waals surface area contributed by atoms with Crippen molar-refractivity contribution in [3.05, 3.63) is 35.4 Å². The Morgan fingerprint density at radius 3 is 2.80 bits per heavy atom. The summed E-state index contributed by atoms with van der Waals surface area (Å²) < 4.78 is 30.0. The molecule has 0 spiro atoms. The second-order valence-electron chi connectivity index (χ2n) is 4.27. The molecule has 0 saturated carbocycles. The Labute approximate surface area is 120 Å². The summed E-state index contributed by atoms with van der Waals surface area (Å²) in [4.78, 5) is 0. The minimum Gasteiger partial charge on any atom is -0.384 e. The number of sulfonamides is 1. The molecule has 0 aliphatic carbocycles. The summed E-state index contributed by atoms with van der Waals surface area (Å²) in [6.45, 7) is 0.800. The third kappa shape index (κ3) is 5.31. The Balaban J connectivity index is 2.77. The van der Waals surface area contributed by atoms with Crippen LogP contribution in [0, 0.1) is 11.8 Å². The molecule has 0 atom stereocenters. The summed E-state index contributed by atoms with van der Waals surface area (Å²) in [5.41, 5.74) is 7.04. The summed E-state index contributed by atoms with van der Waals surface area (Å²) in [5, 5.41) is 0. The van der Waals surface area contributed by atoms with Crippen LogP contribution in [0.1, 0.15) is 11.1 Å². The topological polar surface area (TPSA) is 72.6 Å². The molecular formula is C14H20N2O3S. The quantitative estimate of drug-likeness (QED) is 0.772. The predicted molar refractivity (Wildman–Crippen MR) is 79.5 cm³/mol. The van der Waals surface area contributed by atoms with E-state index >= 15 is 0 Å². The molecule has 0 heterocycles. The molecule has 6 heteroatoms. The van der Waals surface area contributed by atoms with Crippen molar-refractivity contribution in [3.8, 4) is 11.8 Å². The van der Waals surface area contributed by atoms with E-state index in [0.717, 1.165) is 11.1 Å². The number of nitrogens with zero attached hydrogens (tertiary/aromatic N) is 1. The molecular weight excluding hydrogens is 276 g/mol. The van der Waals surface area contributed by atoms with Crippen LogP contribution in [0.25, 0.3) is 0 Å². The van der Waals surface area contributed by atoms with Crippen LogP contribution in [0.4, 0.5) is 0 Å². The maximum absolute atomic E-state index is 12.0. The highest BCUT2D eigenvalue weighted by Crippen LogP contribution is 2.10. The first kappa shape index (κ1) is 16.7. The molecule has 0 radical (unpaired) electrons. The summed E-state index contributed by atoms with van der Waals surface area (Å²) in [6.07, 6.45) is 0. The lowest BCUT2D eigenvalue weighted by Crippen LogP contribution is -2.30. The van der Waals surface area contributed by atoms with Gasteiger partial charge in [-0.25, -0.2) is 12.7 Å². The Bertz CT molecular complexity index is 588. The highest BCUT2D eigenvalue weighted by atomic mass is 32.2. The fraction of sp³-hybridized carbons (Fsp3) is 0.429. The minimum absolute atomic E-state index is 0.0212. The Morgan fingerprint density at radius 2 is 2.15 bits per heavy atom. The van der Waals surface area contributed by atoms with Gasteiger partial charge in [-0.1, -0.05) is 24.0 Å². The number of benzene rings is 1. The molecule has 20 heavy (non-hydrogen) atoms. The Morgan fingerprint density at radius 1 is 1.40 bits per heavy atom. The molecule has 5 nitrogen and oxygen atoms in total. The zero-order chi connectivity index (χ0) is 15.0. The zero-order valence-corrected chi connectivity index (χ0v) is 12.6. The van der Waals surface area contributed by atoms with Gasteiger partial charge in [-0.05, 0) is 17.7 Å². The van der Waals surface area contributed by atoms with Gasteiger partial charge in [0.05, 0.1) is 18.9 Å². The first-order valence-electron chi connectivity index (χ1n) is 6.20. The normalized spacial score (nSPS) is 11.2. The van der Waals surface area contributed by atoms with Gasteiger partial charge in [0.2, 0.25) is 10.0 Å². The van der Waals surface area contributed by atoms with Crippen molar-refractivity contribution in [2.45, 2.75) is 6.54 Å². The SMILES string of the molecule is COCCS(=O)(=O)N(C)Cc1cccc(C#CCN)c1. The predicted octanol–water partition coefficient (Wildman–Crippen LogP) is 0.405. The van der Waals surface area contributed by atoms with Gasteiger partial charge < -0.3 is 10.5 Å². The van der Waals surface area contributed by atoms with Crippen molar-refractivity contribution in [3.63, 3.8) is 0 Å². The lowest BCUT2D eigenvalue weighted by atomic mass is 10.1. The fourth-order valence-corrected chi connectivity index (χ4v) is 2.64. The van der Waals surface area contributed by atoms with Crippen LogP contribution in [0.5, 0.6) is 0 Å². The number of nitrogens with two attached hydrogens (primary N) is 1. The van der Waals surface area contributed by atoms with Gasteiger partial charge in [0.25, 0.3) is 0 Å². The van der Waals surface area contributed by atoms with Crippen LogP contribution in [0.15, 0.2) is 24.3 Å². The zero-order valence-electron chi connectivity index (χ0n) is 11.8. The van der Waals surface area contributed by atoms with Crippen LogP contribution in [-0.2, 0) is 21.3 Å². The molecule has 0 amide bonds. The third-order valence-electron chi connectivity index (χ3n) is 2.69. The Kier molecular flexibility index (Phi) is 6.68. The fourth-order valence-electron chi connectivity index (χ4n) is 1.60. The monoisotopic (exact) mass is 296 g/mol. The van der Waals surface area contributed by atoms with Gasteiger partial charge >= 0.3 is 0 Å². The smallest absolute Gasteiger partial charge is 0.216 e. The molecule has 0 saturated heterocycles. The number of hydrogen-bond donors (Lipinski definition) is 1. The van der Waals surface area contributed by atoms with Crippen molar-refractivity contribution < 1.29 is 13.2 Å².